The van der Waals surface area contributed by atoms with Gasteiger partial charge in [-0.25, -0.2) is 0 Å². The van der Waals surface area contributed by atoms with Crippen LogP contribution < -0.4 is 0 Å². The van der Waals surface area contributed by atoms with E-state index in [4.69, 9.17) is 6.58 Å². The summed E-state index contributed by atoms with van der Waals surface area (Å²) < 4.78 is 0. The molecular formula is C64H90. The van der Waals surface area contributed by atoms with Crippen molar-refractivity contribution in [3.63, 3.8) is 0 Å². The van der Waals surface area contributed by atoms with E-state index >= 15 is 0 Å². The Labute approximate surface area is 393 Å². The lowest BCUT2D eigenvalue weighted by atomic mass is 9.62. The Bertz CT molecular complexity index is 2030. The zero-order valence-electron chi connectivity index (χ0n) is 41.8. The third-order valence-electron chi connectivity index (χ3n) is 19.8. The summed E-state index contributed by atoms with van der Waals surface area (Å²) in [4.78, 5) is 0. The second-order valence-corrected chi connectivity index (χ2v) is 25.2. The van der Waals surface area contributed by atoms with Crippen molar-refractivity contribution in [2.45, 2.75) is 207 Å². The fourth-order valence-electron chi connectivity index (χ4n) is 15.4. The van der Waals surface area contributed by atoms with Gasteiger partial charge in [0.2, 0.25) is 0 Å². The van der Waals surface area contributed by atoms with Crippen LogP contribution in [-0.2, 0) is 19.3 Å². The van der Waals surface area contributed by atoms with Crippen molar-refractivity contribution in [2.24, 2.45) is 58.2 Å². The molecule has 4 atom stereocenters. The summed E-state index contributed by atoms with van der Waals surface area (Å²) in [6.07, 6.45) is 39.0. The van der Waals surface area contributed by atoms with Crippen LogP contribution in [0.2, 0.25) is 0 Å². The number of rotatable bonds is 13. The molecule has 346 valence electrons. The number of fused-ring (bicyclic) bond motifs is 1. The summed E-state index contributed by atoms with van der Waals surface area (Å²) in [6.45, 7) is 26.0. The molecule has 0 spiro atoms. The van der Waals surface area contributed by atoms with Gasteiger partial charge in [-0.15, -0.1) is 0 Å². The van der Waals surface area contributed by atoms with Crippen LogP contribution in [0.15, 0.2) is 102 Å². The summed E-state index contributed by atoms with van der Waals surface area (Å²) in [5.74, 6) is 8.29. The SMILES string of the molecule is C=C1CC[C@@H](C2Cc3ccc(C4CCC(C5CCC(C(=C)CC6CCC(CC7=CCC(C)(CCc8cccc([C@H](C)C9CCC9)c8)C(C(C)(C)C)=C7)CC6)CC5)CC4)cc3C2)C(=C)C1. The van der Waals surface area contributed by atoms with Crippen LogP contribution in [0.25, 0.3) is 0 Å². The van der Waals surface area contributed by atoms with Crippen molar-refractivity contribution in [1.82, 2.24) is 0 Å². The first-order valence-corrected chi connectivity index (χ1v) is 27.4. The highest BCUT2D eigenvalue weighted by molar-refractivity contribution is 5.40. The summed E-state index contributed by atoms with van der Waals surface area (Å²) in [6, 6.07) is 17.4. The van der Waals surface area contributed by atoms with Gasteiger partial charge in [-0.3, -0.25) is 0 Å². The summed E-state index contributed by atoms with van der Waals surface area (Å²) in [5.41, 5.74) is 16.3. The first-order valence-electron chi connectivity index (χ1n) is 27.4. The van der Waals surface area contributed by atoms with E-state index in [0.29, 0.717) is 11.8 Å². The second-order valence-electron chi connectivity index (χ2n) is 25.2. The van der Waals surface area contributed by atoms with Crippen LogP contribution in [0.4, 0.5) is 0 Å². The minimum atomic E-state index is 0.196. The van der Waals surface area contributed by atoms with Crippen LogP contribution in [0.5, 0.6) is 0 Å². The molecule has 5 fully saturated rings. The molecule has 0 radical (unpaired) electrons. The van der Waals surface area contributed by atoms with Gasteiger partial charge in [-0.2, -0.15) is 0 Å². The van der Waals surface area contributed by atoms with Gasteiger partial charge in [-0.05, 0) is 252 Å². The molecule has 64 heavy (non-hydrogen) atoms. The molecule has 2 aromatic carbocycles. The fraction of sp³-hybridized carbons (Fsp3) is 0.656. The smallest absolute Gasteiger partial charge is 0.00701 e. The van der Waals surface area contributed by atoms with Gasteiger partial charge in [0.1, 0.15) is 0 Å². The largest absolute Gasteiger partial charge is 0.0996 e. The number of aryl methyl sites for hydroxylation is 1. The topological polar surface area (TPSA) is 0 Å². The van der Waals surface area contributed by atoms with E-state index in [9.17, 15) is 0 Å². The predicted octanol–water partition coefficient (Wildman–Crippen LogP) is 18.4. The van der Waals surface area contributed by atoms with Crippen molar-refractivity contribution in [1.29, 1.82) is 0 Å². The first-order chi connectivity index (χ1) is 30.8. The zero-order chi connectivity index (χ0) is 44.6. The van der Waals surface area contributed by atoms with E-state index in [1.165, 1.54) is 165 Å². The van der Waals surface area contributed by atoms with Gasteiger partial charge in [0.15, 0.2) is 0 Å². The number of hydrogen-bond acceptors (Lipinski definition) is 0. The van der Waals surface area contributed by atoms with Crippen LogP contribution in [-0.4, -0.2) is 0 Å². The van der Waals surface area contributed by atoms with E-state index in [0.717, 1.165) is 53.8 Å². The molecule has 9 rings (SSSR count). The Morgan fingerprint density at radius 1 is 0.766 bits per heavy atom. The van der Waals surface area contributed by atoms with Crippen LogP contribution >= 0.6 is 0 Å². The Kier molecular flexibility index (Phi) is 14.3. The van der Waals surface area contributed by atoms with E-state index in [2.05, 4.69) is 102 Å². The van der Waals surface area contributed by atoms with Crippen molar-refractivity contribution in [2.75, 3.05) is 0 Å². The lowest BCUT2D eigenvalue weighted by molar-refractivity contribution is 0.166. The van der Waals surface area contributed by atoms with E-state index in [1.807, 2.05) is 0 Å². The highest BCUT2D eigenvalue weighted by Crippen LogP contribution is 2.51. The quantitative estimate of drug-likeness (QED) is 0.176. The Hall–Kier alpha value is -2.86. The maximum absolute atomic E-state index is 4.81. The monoisotopic (exact) mass is 859 g/mol. The van der Waals surface area contributed by atoms with E-state index < -0.39 is 0 Å². The molecule has 7 aliphatic carbocycles. The van der Waals surface area contributed by atoms with Gasteiger partial charge < -0.3 is 0 Å². The first kappa shape index (κ1) is 46.3. The van der Waals surface area contributed by atoms with Crippen LogP contribution in [0, 0.1) is 58.2 Å². The van der Waals surface area contributed by atoms with Gasteiger partial charge >= 0.3 is 0 Å². The molecule has 0 aromatic heterocycles. The van der Waals surface area contributed by atoms with Crippen molar-refractivity contribution < 1.29 is 0 Å². The Balaban J connectivity index is 0.687. The third kappa shape index (κ3) is 10.6. The molecule has 2 unspecified atom stereocenters. The summed E-state index contributed by atoms with van der Waals surface area (Å²) >= 11 is 0. The lowest BCUT2D eigenvalue weighted by Crippen LogP contribution is -2.30. The zero-order valence-corrected chi connectivity index (χ0v) is 41.8. The van der Waals surface area contributed by atoms with Gasteiger partial charge in [0.05, 0.1) is 0 Å². The minimum absolute atomic E-state index is 0.196. The summed E-state index contributed by atoms with van der Waals surface area (Å²) in [5, 5.41) is 0. The maximum atomic E-state index is 4.81. The average Bonchev–Trinajstić information content (AvgIpc) is 3.70. The highest BCUT2D eigenvalue weighted by atomic mass is 14.4. The lowest BCUT2D eigenvalue weighted by Gasteiger charge is -2.42. The van der Waals surface area contributed by atoms with Crippen LogP contribution in [0.3, 0.4) is 0 Å². The standard InChI is InChI=1S/C64H90/c1-43-15-30-61(45(3)35-43)60-41-58-29-28-57(40-59(58)42-60)55-26-24-54(25-27-55)53-22-20-51(21-23-53)44(2)36-48-16-18-49(19-17-48)37-50-32-34-64(8,62(39-50)63(5,6)7)33-31-47-11-9-14-56(38-47)46(4)52-12-10-13-52/h9,11,14,28-29,32,38-40,46,48-49,51-55,60-61H,1-3,10,12-13,15-27,30-31,33-37,41-42H2,4-8H3/t46-,48?,49?,51?,53?,54?,55?,60?,61-,64?/m1/s1. The molecule has 0 aliphatic heterocycles. The molecule has 0 N–H and O–H groups in total. The molecule has 0 heteroatoms. The molecule has 0 saturated heterocycles. The predicted molar refractivity (Wildman–Crippen MR) is 276 cm³/mol. The third-order valence-corrected chi connectivity index (χ3v) is 19.8. The molecule has 0 heterocycles. The summed E-state index contributed by atoms with van der Waals surface area (Å²) in [7, 11) is 0. The van der Waals surface area contributed by atoms with Gasteiger partial charge in [0, 0.05) is 0 Å². The van der Waals surface area contributed by atoms with Gasteiger partial charge in [-0.1, -0.05) is 143 Å². The molecular weight excluding hydrogens is 769 g/mol. The van der Waals surface area contributed by atoms with Gasteiger partial charge in [0.25, 0.3) is 0 Å². The van der Waals surface area contributed by atoms with Crippen molar-refractivity contribution in [3.8, 4) is 0 Å². The minimum Gasteiger partial charge on any atom is -0.0996 e. The van der Waals surface area contributed by atoms with E-state index in [1.54, 1.807) is 44.5 Å². The second kappa shape index (κ2) is 19.8. The Morgan fingerprint density at radius 3 is 2.16 bits per heavy atom. The molecule has 7 aliphatic rings. The Morgan fingerprint density at radius 2 is 1.47 bits per heavy atom. The fourth-order valence-corrected chi connectivity index (χ4v) is 15.4. The molecule has 0 nitrogen and oxygen atoms in total. The molecule has 2 aromatic rings. The number of allylic oxidation sites excluding steroid dienone is 7. The van der Waals surface area contributed by atoms with Crippen molar-refractivity contribution >= 4 is 0 Å². The van der Waals surface area contributed by atoms with Crippen LogP contribution in [0.1, 0.15) is 216 Å². The van der Waals surface area contributed by atoms with Crippen molar-refractivity contribution in [3.05, 3.63) is 130 Å². The molecule has 0 bridgehead atoms. The normalized spacial score (nSPS) is 33.2. The number of hydrogen-bond donors (Lipinski definition) is 0. The number of benzene rings is 2. The average molecular weight is 859 g/mol. The molecule has 5 saturated carbocycles. The highest BCUT2D eigenvalue weighted by Gasteiger charge is 2.39. The molecule has 0 amide bonds. The van der Waals surface area contributed by atoms with E-state index in [-0.39, 0.29) is 10.8 Å². The maximum Gasteiger partial charge on any atom is -0.00701 e.